The van der Waals surface area contributed by atoms with Crippen LogP contribution in [-0.2, 0) is 23.5 Å². The summed E-state index contributed by atoms with van der Waals surface area (Å²) >= 11 is 1.65. The van der Waals surface area contributed by atoms with Crippen molar-refractivity contribution < 1.29 is 4.79 Å². The summed E-state index contributed by atoms with van der Waals surface area (Å²) < 4.78 is 2.32. The van der Waals surface area contributed by atoms with Crippen LogP contribution < -0.4 is 5.32 Å². The zero-order chi connectivity index (χ0) is 19.3. The Morgan fingerprint density at radius 2 is 1.93 bits per heavy atom. The van der Waals surface area contributed by atoms with E-state index in [9.17, 15) is 4.79 Å². The summed E-state index contributed by atoms with van der Waals surface area (Å²) in [6.45, 7) is 2.99. The van der Waals surface area contributed by atoms with Crippen LogP contribution >= 0.6 is 11.8 Å². The van der Waals surface area contributed by atoms with Gasteiger partial charge in [-0.25, -0.2) is 4.98 Å². The number of aryl methyl sites for hydroxylation is 1. The lowest BCUT2D eigenvalue weighted by molar-refractivity contribution is -0.115. The minimum Gasteiger partial charge on any atom is -0.328 e. The fourth-order valence-electron chi connectivity index (χ4n) is 3.48. The molecule has 1 aliphatic heterocycles. The van der Waals surface area contributed by atoms with Gasteiger partial charge in [-0.1, -0.05) is 30.3 Å². The van der Waals surface area contributed by atoms with Crippen molar-refractivity contribution in [2.75, 3.05) is 5.32 Å². The maximum absolute atomic E-state index is 12.5. The molecule has 1 aliphatic rings. The number of carbonyl (C=O) groups is 1. The monoisotopic (exact) mass is 391 g/mol. The first-order valence-corrected chi connectivity index (χ1v) is 10.9. The van der Waals surface area contributed by atoms with Crippen molar-refractivity contribution in [3.05, 3.63) is 72.1 Å². The molecular weight excluding hydrogens is 366 g/mol. The van der Waals surface area contributed by atoms with Crippen LogP contribution in [0.3, 0.4) is 0 Å². The molecule has 0 radical (unpaired) electrons. The third kappa shape index (κ3) is 4.30. The molecule has 1 atom stereocenters. The molecule has 0 fully saturated rings. The number of carbonyl (C=O) groups excluding carboxylic acids is 1. The van der Waals surface area contributed by atoms with Gasteiger partial charge in [-0.15, -0.1) is 11.8 Å². The molecule has 4 nitrogen and oxygen atoms in total. The number of thioether (sulfide) groups is 1. The summed E-state index contributed by atoms with van der Waals surface area (Å²) in [6, 6.07) is 18.3. The molecule has 5 heteroatoms. The quantitative estimate of drug-likeness (QED) is 0.632. The Morgan fingerprint density at radius 3 is 2.71 bits per heavy atom. The fourth-order valence-corrected chi connectivity index (χ4v) is 4.33. The van der Waals surface area contributed by atoms with Gasteiger partial charge >= 0.3 is 0 Å². The summed E-state index contributed by atoms with van der Waals surface area (Å²) in [5.74, 6) is 1.89. The standard InChI is InChI=1S/C23H25N3OS/c1-17(28-16-18-7-3-2-4-8-18)23(27)25-20-12-10-19(11-13-20)22-24-15-21-9-5-6-14-26(21)22/h2-4,7-8,10-13,15,17H,5-6,9,14,16H2,1H3,(H,25,27). The first-order valence-electron chi connectivity index (χ1n) is 9.82. The van der Waals surface area contributed by atoms with Gasteiger partial charge in [0.1, 0.15) is 5.82 Å². The number of anilines is 1. The second-order valence-corrected chi connectivity index (χ2v) is 8.52. The number of hydrogen-bond acceptors (Lipinski definition) is 3. The molecule has 2 aromatic carbocycles. The molecule has 28 heavy (non-hydrogen) atoms. The first-order chi connectivity index (χ1) is 13.7. The van der Waals surface area contributed by atoms with Gasteiger partial charge in [0.05, 0.1) is 5.25 Å². The summed E-state index contributed by atoms with van der Waals surface area (Å²) in [6.07, 6.45) is 5.56. The Morgan fingerprint density at radius 1 is 1.14 bits per heavy atom. The van der Waals surface area contributed by atoms with Gasteiger partial charge in [-0.2, -0.15) is 0 Å². The van der Waals surface area contributed by atoms with E-state index >= 15 is 0 Å². The molecule has 144 valence electrons. The average Bonchev–Trinajstić information content (AvgIpc) is 3.17. The number of benzene rings is 2. The van der Waals surface area contributed by atoms with Crippen LogP contribution in [0.1, 0.15) is 31.0 Å². The number of hydrogen-bond donors (Lipinski definition) is 1. The van der Waals surface area contributed by atoms with E-state index in [4.69, 9.17) is 0 Å². The van der Waals surface area contributed by atoms with E-state index in [1.165, 1.54) is 24.1 Å². The largest absolute Gasteiger partial charge is 0.328 e. The van der Waals surface area contributed by atoms with Crippen LogP contribution in [0.15, 0.2) is 60.8 Å². The SMILES string of the molecule is CC(SCc1ccccc1)C(=O)Nc1ccc(-c2ncc3n2CCCC3)cc1. The van der Waals surface area contributed by atoms with E-state index in [0.29, 0.717) is 0 Å². The molecule has 0 aliphatic carbocycles. The van der Waals surface area contributed by atoms with E-state index in [-0.39, 0.29) is 11.2 Å². The van der Waals surface area contributed by atoms with E-state index in [0.717, 1.165) is 35.8 Å². The molecule has 4 rings (SSSR count). The van der Waals surface area contributed by atoms with E-state index in [1.807, 2.05) is 55.6 Å². The average molecular weight is 392 g/mol. The zero-order valence-electron chi connectivity index (χ0n) is 16.1. The number of imidazole rings is 1. The van der Waals surface area contributed by atoms with Crippen molar-refractivity contribution in [2.24, 2.45) is 0 Å². The van der Waals surface area contributed by atoms with Gasteiger partial charge in [-0.3, -0.25) is 4.79 Å². The molecule has 1 unspecified atom stereocenters. The molecule has 1 N–H and O–H groups in total. The molecule has 2 heterocycles. The third-order valence-electron chi connectivity index (χ3n) is 5.13. The predicted octanol–water partition coefficient (Wildman–Crippen LogP) is 5.15. The summed E-state index contributed by atoms with van der Waals surface area (Å²) in [7, 11) is 0. The molecule has 0 bridgehead atoms. The molecule has 1 aromatic heterocycles. The minimum absolute atomic E-state index is 0.0341. The Labute approximate surface area is 170 Å². The van der Waals surface area contributed by atoms with Crippen molar-refractivity contribution in [3.63, 3.8) is 0 Å². The van der Waals surface area contributed by atoms with E-state index in [1.54, 1.807) is 11.8 Å². The second-order valence-electron chi connectivity index (χ2n) is 7.19. The maximum Gasteiger partial charge on any atom is 0.237 e. The number of fused-ring (bicyclic) bond motifs is 1. The van der Waals surface area contributed by atoms with Crippen LogP contribution in [0.5, 0.6) is 0 Å². The molecule has 1 amide bonds. The van der Waals surface area contributed by atoms with Crippen molar-refractivity contribution >= 4 is 23.4 Å². The van der Waals surface area contributed by atoms with Crippen LogP contribution in [0, 0.1) is 0 Å². The molecular formula is C23H25N3OS. The predicted molar refractivity (Wildman–Crippen MR) is 116 cm³/mol. The lowest BCUT2D eigenvalue weighted by atomic mass is 10.1. The van der Waals surface area contributed by atoms with Crippen LogP contribution in [0.2, 0.25) is 0 Å². The van der Waals surface area contributed by atoms with Crippen molar-refractivity contribution in [1.82, 2.24) is 9.55 Å². The Kier molecular flexibility index (Phi) is 5.81. The van der Waals surface area contributed by atoms with Crippen LogP contribution in [0.4, 0.5) is 5.69 Å². The minimum atomic E-state index is -0.112. The number of nitrogens with one attached hydrogen (secondary N) is 1. The Hall–Kier alpha value is -2.53. The number of rotatable bonds is 6. The van der Waals surface area contributed by atoms with Crippen LogP contribution in [-0.4, -0.2) is 20.7 Å². The highest BCUT2D eigenvalue weighted by Gasteiger charge is 2.16. The zero-order valence-corrected chi connectivity index (χ0v) is 16.9. The highest BCUT2D eigenvalue weighted by molar-refractivity contribution is 7.99. The highest BCUT2D eigenvalue weighted by atomic mass is 32.2. The van der Waals surface area contributed by atoms with Gasteiger partial charge in [0, 0.05) is 35.4 Å². The third-order valence-corrected chi connectivity index (χ3v) is 6.34. The van der Waals surface area contributed by atoms with E-state index in [2.05, 4.69) is 27.0 Å². The molecule has 0 saturated heterocycles. The number of amides is 1. The first kappa shape index (κ1) is 18.8. The number of aromatic nitrogens is 2. The van der Waals surface area contributed by atoms with Crippen molar-refractivity contribution in [3.8, 4) is 11.4 Å². The second kappa shape index (κ2) is 8.65. The van der Waals surface area contributed by atoms with Crippen LogP contribution in [0.25, 0.3) is 11.4 Å². The lowest BCUT2D eigenvalue weighted by Crippen LogP contribution is -2.22. The Balaban J connectivity index is 1.36. The van der Waals surface area contributed by atoms with Crippen molar-refractivity contribution in [1.29, 1.82) is 0 Å². The van der Waals surface area contributed by atoms with E-state index < -0.39 is 0 Å². The Bertz CT molecular complexity index is 934. The number of nitrogens with zero attached hydrogens (tertiary/aromatic N) is 2. The normalized spacial score (nSPS) is 14.3. The molecule has 0 saturated carbocycles. The summed E-state index contributed by atoms with van der Waals surface area (Å²) in [5, 5.41) is 2.91. The van der Waals surface area contributed by atoms with Gasteiger partial charge in [0.15, 0.2) is 0 Å². The van der Waals surface area contributed by atoms with Gasteiger partial charge in [0.25, 0.3) is 0 Å². The lowest BCUT2D eigenvalue weighted by Gasteiger charge is -2.17. The summed E-state index contributed by atoms with van der Waals surface area (Å²) in [5.41, 5.74) is 4.48. The highest BCUT2D eigenvalue weighted by Crippen LogP contribution is 2.26. The van der Waals surface area contributed by atoms with Crippen molar-refractivity contribution in [2.45, 2.75) is 43.7 Å². The van der Waals surface area contributed by atoms with Gasteiger partial charge < -0.3 is 9.88 Å². The summed E-state index contributed by atoms with van der Waals surface area (Å²) in [4.78, 5) is 17.1. The van der Waals surface area contributed by atoms with Gasteiger partial charge in [-0.05, 0) is 56.0 Å². The molecule has 0 spiro atoms. The topological polar surface area (TPSA) is 46.9 Å². The van der Waals surface area contributed by atoms with Gasteiger partial charge in [0.2, 0.25) is 5.91 Å². The maximum atomic E-state index is 12.5. The fraction of sp³-hybridized carbons (Fsp3) is 0.304. The smallest absolute Gasteiger partial charge is 0.237 e. The molecule has 3 aromatic rings.